The predicted molar refractivity (Wildman–Crippen MR) is 114 cm³/mol. The first kappa shape index (κ1) is 21.4. The van der Waals surface area contributed by atoms with Crippen LogP contribution < -0.4 is 16.3 Å². The largest absolute Gasteiger partial charge is 0.444 e. The zero-order chi connectivity index (χ0) is 21.3. The summed E-state index contributed by atoms with van der Waals surface area (Å²) < 4.78 is 6.98. The lowest BCUT2D eigenvalue weighted by atomic mass is 10.2. The predicted octanol–water partition coefficient (Wildman–Crippen LogP) is 2.65. The van der Waals surface area contributed by atoms with Crippen LogP contribution in [0.2, 0.25) is 5.02 Å². The summed E-state index contributed by atoms with van der Waals surface area (Å²) in [6.07, 6.45) is 0.283. The van der Waals surface area contributed by atoms with Crippen LogP contribution in [0.3, 0.4) is 0 Å². The number of nitrogens with two attached hydrogens (primary N) is 1. The molecule has 1 saturated heterocycles. The number of fused-ring (bicyclic) bond motifs is 1. The standard InChI is InChI=1S/C20H28ClN5O3/c1-5-14(22)17-23-15-8-6-7-13(21)16(15)18(27)26(17)25-11-9-24(10-12-25)19(28)29-20(2,3)4/h6-8,14H,5,9-12,22H2,1-4H3. The van der Waals surface area contributed by atoms with Gasteiger partial charge in [0.05, 0.1) is 35.1 Å². The first-order valence-electron chi connectivity index (χ1n) is 9.82. The Labute approximate surface area is 175 Å². The van der Waals surface area contributed by atoms with E-state index in [1.165, 1.54) is 4.68 Å². The first-order chi connectivity index (χ1) is 13.6. The number of nitrogens with zero attached hydrogens (tertiary/aromatic N) is 4. The smallest absolute Gasteiger partial charge is 0.410 e. The lowest BCUT2D eigenvalue weighted by Gasteiger charge is -2.38. The van der Waals surface area contributed by atoms with Crippen molar-refractivity contribution < 1.29 is 9.53 Å². The van der Waals surface area contributed by atoms with Gasteiger partial charge in [-0.25, -0.2) is 14.5 Å². The van der Waals surface area contributed by atoms with E-state index < -0.39 is 11.6 Å². The quantitative estimate of drug-likeness (QED) is 0.818. The van der Waals surface area contributed by atoms with Gasteiger partial charge in [0, 0.05) is 13.1 Å². The highest BCUT2D eigenvalue weighted by molar-refractivity contribution is 6.35. The molecule has 2 N–H and O–H groups in total. The maximum atomic E-state index is 13.3. The molecule has 0 aliphatic carbocycles. The molecule has 2 aromatic rings. The van der Waals surface area contributed by atoms with Crippen LogP contribution in [0.4, 0.5) is 4.79 Å². The number of amides is 1. The summed E-state index contributed by atoms with van der Waals surface area (Å²) in [6.45, 7) is 9.24. The normalized spacial score (nSPS) is 16.2. The molecule has 1 aromatic carbocycles. The van der Waals surface area contributed by atoms with Crippen LogP contribution in [-0.2, 0) is 4.74 Å². The molecule has 0 spiro atoms. The van der Waals surface area contributed by atoms with Gasteiger partial charge in [0.15, 0.2) is 0 Å². The molecule has 1 aliphatic heterocycles. The summed E-state index contributed by atoms with van der Waals surface area (Å²) in [4.78, 5) is 32.0. The number of piperazine rings is 1. The van der Waals surface area contributed by atoms with E-state index in [1.54, 1.807) is 23.1 Å². The van der Waals surface area contributed by atoms with E-state index in [0.29, 0.717) is 54.3 Å². The van der Waals surface area contributed by atoms with E-state index in [4.69, 9.17) is 22.1 Å². The summed E-state index contributed by atoms with van der Waals surface area (Å²) in [7, 11) is 0. The number of hydrogen-bond donors (Lipinski definition) is 1. The molecule has 0 saturated carbocycles. The molecule has 1 fully saturated rings. The van der Waals surface area contributed by atoms with Gasteiger partial charge in [-0.15, -0.1) is 0 Å². The van der Waals surface area contributed by atoms with Crippen molar-refractivity contribution in [3.8, 4) is 0 Å². The van der Waals surface area contributed by atoms with E-state index in [2.05, 4.69) is 4.98 Å². The molecule has 0 bridgehead atoms. The van der Waals surface area contributed by atoms with E-state index in [-0.39, 0.29) is 11.7 Å². The molecular weight excluding hydrogens is 394 g/mol. The minimum absolute atomic E-state index is 0.245. The third kappa shape index (κ3) is 4.48. The van der Waals surface area contributed by atoms with Gasteiger partial charge in [0.25, 0.3) is 5.56 Å². The SMILES string of the molecule is CCC(N)c1nc2cccc(Cl)c2c(=O)n1N1CCN(C(=O)OC(C)(C)C)CC1. The fourth-order valence-electron chi connectivity index (χ4n) is 3.30. The molecule has 2 heterocycles. The van der Waals surface area contributed by atoms with Crippen LogP contribution in [0.1, 0.15) is 46.0 Å². The molecule has 158 valence electrons. The van der Waals surface area contributed by atoms with Crippen LogP contribution in [0.15, 0.2) is 23.0 Å². The van der Waals surface area contributed by atoms with Crippen LogP contribution in [0, 0.1) is 0 Å². The number of aromatic nitrogens is 2. The molecule has 1 aliphatic rings. The summed E-state index contributed by atoms with van der Waals surface area (Å²) >= 11 is 6.29. The molecule has 8 nitrogen and oxygen atoms in total. The Morgan fingerprint density at radius 3 is 2.52 bits per heavy atom. The van der Waals surface area contributed by atoms with Gasteiger partial charge in [0.2, 0.25) is 0 Å². The van der Waals surface area contributed by atoms with Gasteiger partial charge >= 0.3 is 6.09 Å². The Balaban J connectivity index is 1.94. The molecule has 1 atom stereocenters. The summed E-state index contributed by atoms with van der Waals surface area (Å²) in [5, 5.41) is 2.61. The fourth-order valence-corrected chi connectivity index (χ4v) is 3.55. The van der Waals surface area contributed by atoms with Crippen molar-refractivity contribution in [2.45, 2.75) is 45.8 Å². The molecular formula is C20H28ClN5O3. The highest BCUT2D eigenvalue weighted by atomic mass is 35.5. The second-order valence-electron chi connectivity index (χ2n) is 8.16. The van der Waals surface area contributed by atoms with Crippen molar-refractivity contribution in [2.24, 2.45) is 5.73 Å². The number of carbonyl (C=O) groups excluding carboxylic acids is 1. The Bertz CT molecular complexity index is 961. The second-order valence-corrected chi connectivity index (χ2v) is 8.56. The minimum Gasteiger partial charge on any atom is -0.444 e. The van der Waals surface area contributed by atoms with Crippen molar-refractivity contribution in [3.63, 3.8) is 0 Å². The zero-order valence-corrected chi connectivity index (χ0v) is 18.1. The fraction of sp³-hybridized carbons (Fsp3) is 0.550. The van der Waals surface area contributed by atoms with Crippen molar-refractivity contribution >= 4 is 28.6 Å². The van der Waals surface area contributed by atoms with Gasteiger partial charge in [-0.2, -0.15) is 0 Å². The van der Waals surface area contributed by atoms with Gasteiger partial charge in [-0.1, -0.05) is 24.6 Å². The van der Waals surface area contributed by atoms with Crippen molar-refractivity contribution in [2.75, 3.05) is 31.2 Å². The van der Waals surface area contributed by atoms with Crippen molar-refractivity contribution in [3.05, 3.63) is 39.4 Å². The zero-order valence-electron chi connectivity index (χ0n) is 17.3. The molecule has 1 aromatic heterocycles. The van der Waals surface area contributed by atoms with Crippen LogP contribution >= 0.6 is 11.6 Å². The average molecular weight is 422 g/mol. The Hall–Kier alpha value is -2.32. The maximum absolute atomic E-state index is 13.3. The van der Waals surface area contributed by atoms with Gasteiger partial charge in [0.1, 0.15) is 11.4 Å². The lowest BCUT2D eigenvalue weighted by Crippen LogP contribution is -2.57. The lowest BCUT2D eigenvalue weighted by molar-refractivity contribution is 0.0231. The first-order valence-corrected chi connectivity index (χ1v) is 10.2. The van der Waals surface area contributed by atoms with E-state index in [1.807, 2.05) is 32.7 Å². The summed E-state index contributed by atoms with van der Waals surface area (Å²) in [5.41, 5.74) is 6.02. The molecule has 9 heteroatoms. The Morgan fingerprint density at radius 1 is 1.28 bits per heavy atom. The van der Waals surface area contributed by atoms with Gasteiger partial charge in [-0.05, 0) is 39.3 Å². The van der Waals surface area contributed by atoms with Crippen LogP contribution in [-0.4, -0.2) is 52.4 Å². The maximum Gasteiger partial charge on any atom is 0.410 e. The van der Waals surface area contributed by atoms with E-state index in [9.17, 15) is 9.59 Å². The monoisotopic (exact) mass is 421 g/mol. The van der Waals surface area contributed by atoms with Crippen molar-refractivity contribution in [1.82, 2.24) is 14.6 Å². The number of carbonyl (C=O) groups is 1. The number of benzene rings is 1. The van der Waals surface area contributed by atoms with Crippen LogP contribution in [0.25, 0.3) is 10.9 Å². The van der Waals surface area contributed by atoms with E-state index in [0.717, 1.165) is 0 Å². The molecule has 1 amide bonds. The van der Waals surface area contributed by atoms with Crippen molar-refractivity contribution in [1.29, 1.82) is 0 Å². The Morgan fingerprint density at radius 2 is 1.93 bits per heavy atom. The highest BCUT2D eigenvalue weighted by Gasteiger charge is 2.28. The minimum atomic E-state index is -0.550. The summed E-state index contributed by atoms with van der Waals surface area (Å²) in [5.74, 6) is 0.498. The summed E-state index contributed by atoms with van der Waals surface area (Å²) in [6, 6.07) is 4.81. The number of halogens is 1. The highest BCUT2D eigenvalue weighted by Crippen LogP contribution is 2.21. The number of ether oxygens (including phenoxy) is 1. The average Bonchev–Trinajstić information content (AvgIpc) is 2.66. The number of hydrogen-bond acceptors (Lipinski definition) is 6. The molecule has 0 radical (unpaired) electrons. The van der Waals surface area contributed by atoms with Gasteiger partial charge < -0.3 is 20.4 Å². The third-order valence-electron chi connectivity index (χ3n) is 4.81. The van der Waals surface area contributed by atoms with E-state index >= 15 is 0 Å². The second kappa shape index (κ2) is 8.20. The van der Waals surface area contributed by atoms with Crippen LogP contribution in [0.5, 0.6) is 0 Å². The Kier molecular flexibility index (Phi) is 6.05. The van der Waals surface area contributed by atoms with Gasteiger partial charge in [-0.3, -0.25) is 4.79 Å². The third-order valence-corrected chi connectivity index (χ3v) is 5.13. The topological polar surface area (TPSA) is 93.7 Å². The number of rotatable bonds is 3. The molecule has 29 heavy (non-hydrogen) atoms. The molecule has 3 rings (SSSR count). The molecule has 1 unspecified atom stereocenters.